The van der Waals surface area contributed by atoms with Crippen molar-refractivity contribution in [2.75, 3.05) is 26.4 Å². The molecule has 588 valence electrons. The highest BCUT2D eigenvalue weighted by Gasteiger charge is 2.54. The van der Waals surface area contributed by atoms with Crippen LogP contribution in [0.4, 0.5) is 0 Å². The minimum absolute atomic E-state index is 0.237. The molecule has 12 N–H and O–H groups in total. The molecule has 0 aliphatic carbocycles. The summed E-state index contributed by atoms with van der Waals surface area (Å²) in [6.45, 7) is 1.63. The molecule has 17 unspecified atom stereocenters. The van der Waals surface area contributed by atoms with Gasteiger partial charge in [0.25, 0.3) is 0 Å². The largest absolute Gasteiger partial charge is 0.394 e. The summed E-state index contributed by atoms with van der Waals surface area (Å²) in [4.78, 5) is 13.5. The standard InChI is InChI=1S/C82H147NO18/c1-3-5-7-9-11-13-15-17-19-21-23-24-25-26-27-28-29-30-31-32-33-34-35-36-37-38-39-40-42-44-46-48-50-52-54-56-58-60-70(88)83-65(66(87)59-57-55-53-51-49-47-45-43-41-22-20-18-16-14-12-10-8-6-4-2)64-96-80-76(94)73(91)78(68(62-85)98-80)101-82-77(95)74(92)79(69(63-86)99-82)100-81-75(93)72(90)71(89)67(61-84)97-81/h5,7,11,13,17,19,23-24,49,51,57,59,65-69,71-82,84-87,89-95H,3-4,6,8-10,12,14-16,18,20-22,25-48,50,52-56,58,60-64H2,1-2H3,(H,83,88)/b7-5-,13-11-,19-17-,24-23-,51-49+,59-57+. The molecule has 101 heavy (non-hydrogen) atoms. The first-order valence-electron chi connectivity index (χ1n) is 40.7. The van der Waals surface area contributed by atoms with E-state index in [0.717, 1.165) is 64.2 Å². The predicted octanol–water partition coefficient (Wildman–Crippen LogP) is 13.6. The number of hydrogen-bond acceptors (Lipinski definition) is 18. The number of ether oxygens (including phenoxy) is 6. The molecule has 3 aliphatic rings. The molecule has 3 saturated heterocycles. The van der Waals surface area contributed by atoms with E-state index in [1.54, 1.807) is 6.08 Å². The van der Waals surface area contributed by atoms with Crippen molar-refractivity contribution < 1.29 is 89.4 Å². The Bertz CT molecular complexity index is 2110. The molecular formula is C82H147NO18. The SMILES string of the molecule is CC/C=C\C/C=C\C/C=C\C/C=C\CCCCCCCCCCCCCCCCCCCCCCCCCCC(=O)NC(COC1OC(CO)C(OC2OC(CO)C(OC3OC(CO)C(O)C(O)C3O)C(O)C2O)C(O)C1O)C(O)/C=C/CC/C=C/CCCCCCCCCCCCCCC. The third-order valence-corrected chi connectivity index (χ3v) is 20.0. The summed E-state index contributed by atoms with van der Waals surface area (Å²) in [7, 11) is 0. The lowest BCUT2D eigenvalue weighted by Gasteiger charge is -2.48. The zero-order chi connectivity index (χ0) is 73.2. The smallest absolute Gasteiger partial charge is 0.220 e. The number of hydrogen-bond donors (Lipinski definition) is 12. The van der Waals surface area contributed by atoms with Crippen LogP contribution < -0.4 is 5.32 Å². The lowest BCUT2D eigenvalue weighted by Crippen LogP contribution is -2.66. The first-order valence-corrected chi connectivity index (χ1v) is 40.7. The van der Waals surface area contributed by atoms with Gasteiger partial charge < -0.3 is 89.9 Å². The second-order valence-electron chi connectivity index (χ2n) is 28.8. The molecule has 1 amide bonds. The van der Waals surface area contributed by atoms with Gasteiger partial charge in [0.2, 0.25) is 5.91 Å². The van der Waals surface area contributed by atoms with Crippen molar-refractivity contribution >= 4 is 5.91 Å². The van der Waals surface area contributed by atoms with Crippen molar-refractivity contribution in [3.05, 3.63) is 72.9 Å². The highest BCUT2D eigenvalue weighted by atomic mass is 16.8. The van der Waals surface area contributed by atoms with Gasteiger partial charge in [0.05, 0.1) is 38.6 Å². The van der Waals surface area contributed by atoms with Crippen LogP contribution in [-0.4, -0.2) is 193 Å². The number of unbranched alkanes of at least 4 members (excludes halogenated alkanes) is 38. The highest BCUT2D eigenvalue weighted by molar-refractivity contribution is 5.76. The molecule has 19 heteroatoms. The van der Waals surface area contributed by atoms with E-state index < -0.39 is 124 Å². The van der Waals surface area contributed by atoms with Gasteiger partial charge in [0.15, 0.2) is 18.9 Å². The van der Waals surface area contributed by atoms with E-state index in [9.17, 15) is 61.0 Å². The monoisotopic (exact) mass is 1430 g/mol. The summed E-state index contributed by atoms with van der Waals surface area (Å²) in [5.74, 6) is -0.281. The van der Waals surface area contributed by atoms with Gasteiger partial charge in [-0.05, 0) is 70.6 Å². The fraction of sp³-hybridized carbons (Fsp3) is 0.841. The molecule has 0 bridgehead atoms. The van der Waals surface area contributed by atoms with Crippen LogP contribution >= 0.6 is 0 Å². The number of carbonyl (C=O) groups excluding carboxylic acids is 1. The Kier molecular flexibility index (Phi) is 57.0. The maximum absolute atomic E-state index is 13.5. The van der Waals surface area contributed by atoms with E-state index in [-0.39, 0.29) is 18.9 Å². The Morgan fingerprint density at radius 2 is 0.693 bits per heavy atom. The quantitative estimate of drug-likeness (QED) is 0.0199. The van der Waals surface area contributed by atoms with Gasteiger partial charge in [0.1, 0.15) is 73.2 Å². The average molecular weight is 1440 g/mol. The van der Waals surface area contributed by atoms with Crippen molar-refractivity contribution in [3.63, 3.8) is 0 Å². The van der Waals surface area contributed by atoms with Crippen molar-refractivity contribution in [3.8, 4) is 0 Å². The van der Waals surface area contributed by atoms with Gasteiger partial charge in [-0.1, -0.05) is 305 Å². The molecule has 0 aromatic carbocycles. The van der Waals surface area contributed by atoms with Crippen LogP contribution in [0.15, 0.2) is 72.9 Å². The number of carbonyl (C=O) groups is 1. The molecule has 0 spiro atoms. The molecule has 0 radical (unpaired) electrons. The average Bonchev–Trinajstić information content (AvgIpc) is 0.789. The second-order valence-corrected chi connectivity index (χ2v) is 28.8. The number of aliphatic hydroxyl groups excluding tert-OH is 11. The van der Waals surface area contributed by atoms with E-state index in [0.29, 0.717) is 12.8 Å². The summed E-state index contributed by atoms with van der Waals surface area (Å²) >= 11 is 0. The lowest BCUT2D eigenvalue weighted by atomic mass is 9.96. The summed E-state index contributed by atoms with van der Waals surface area (Å²) in [6.07, 6.45) is 54.8. The molecule has 17 atom stereocenters. The van der Waals surface area contributed by atoms with Crippen LogP contribution in [-0.2, 0) is 33.2 Å². The van der Waals surface area contributed by atoms with Crippen molar-refractivity contribution in [2.24, 2.45) is 0 Å². The van der Waals surface area contributed by atoms with Crippen molar-refractivity contribution in [1.82, 2.24) is 5.32 Å². The molecule has 0 aromatic heterocycles. The van der Waals surface area contributed by atoms with Gasteiger partial charge in [-0.2, -0.15) is 0 Å². The Hall–Kier alpha value is -2.77. The summed E-state index contributed by atoms with van der Waals surface area (Å²) in [5, 5.41) is 121. The van der Waals surface area contributed by atoms with E-state index in [2.05, 4.69) is 79.9 Å². The van der Waals surface area contributed by atoms with E-state index in [4.69, 9.17) is 28.4 Å². The maximum atomic E-state index is 13.5. The van der Waals surface area contributed by atoms with Crippen molar-refractivity contribution in [1.29, 1.82) is 0 Å². The zero-order valence-electron chi connectivity index (χ0n) is 62.9. The van der Waals surface area contributed by atoms with Gasteiger partial charge >= 0.3 is 0 Å². The molecule has 3 fully saturated rings. The molecule has 3 rings (SSSR count). The summed E-state index contributed by atoms with van der Waals surface area (Å²) in [6, 6.07) is -0.991. The minimum Gasteiger partial charge on any atom is -0.394 e. The Labute approximate surface area is 610 Å². The van der Waals surface area contributed by atoms with Gasteiger partial charge in [0, 0.05) is 6.42 Å². The Morgan fingerprint density at radius 3 is 1.11 bits per heavy atom. The van der Waals surface area contributed by atoms with Crippen LogP contribution in [0, 0.1) is 0 Å². The molecule has 19 nitrogen and oxygen atoms in total. The van der Waals surface area contributed by atoms with E-state index >= 15 is 0 Å². The van der Waals surface area contributed by atoms with E-state index in [1.165, 1.54) is 212 Å². The lowest BCUT2D eigenvalue weighted by molar-refractivity contribution is -0.379. The summed E-state index contributed by atoms with van der Waals surface area (Å²) < 4.78 is 34.4. The fourth-order valence-electron chi connectivity index (χ4n) is 13.5. The van der Waals surface area contributed by atoms with E-state index in [1.807, 2.05) is 6.08 Å². The Balaban J connectivity index is 1.33. The van der Waals surface area contributed by atoms with Gasteiger partial charge in [-0.25, -0.2) is 0 Å². The molecule has 0 saturated carbocycles. The number of aliphatic hydroxyl groups is 11. The topological polar surface area (TPSA) is 307 Å². The van der Waals surface area contributed by atoms with Crippen molar-refractivity contribution in [2.45, 2.75) is 413 Å². The maximum Gasteiger partial charge on any atom is 0.220 e. The minimum atomic E-state index is -1.98. The third kappa shape index (κ3) is 42.4. The normalized spacial score (nSPS) is 26.7. The molecule has 0 aromatic rings. The molecular weight excluding hydrogens is 1290 g/mol. The van der Waals surface area contributed by atoms with Crippen LogP contribution in [0.3, 0.4) is 0 Å². The summed E-state index contributed by atoms with van der Waals surface area (Å²) in [5.41, 5.74) is 0. The number of allylic oxidation sites excluding steroid dienone is 11. The number of nitrogens with one attached hydrogen (secondary N) is 1. The first-order chi connectivity index (χ1) is 49.3. The highest BCUT2D eigenvalue weighted by Crippen LogP contribution is 2.33. The van der Waals surface area contributed by atoms with Gasteiger partial charge in [-0.15, -0.1) is 0 Å². The van der Waals surface area contributed by atoms with Crippen LogP contribution in [0.5, 0.6) is 0 Å². The first kappa shape index (κ1) is 92.4. The van der Waals surface area contributed by atoms with Crippen LogP contribution in [0.1, 0.15) is 309 Å². The Morgan fingerprint density at radius 1 is 0.366 bits per heavy atom. The van der Waals surface area contributed by atoms with Gasteiger partial charge in [-0.3, -0.25) is 4.79 Å². The molecule has 3 heterocycles. The molecule has 3 aliphatic heterocycles. The zero-order valence-corrected chi connectivity index (χ0v) is 62.9. The number of rotatable bonds is 64. The number of amides is 1. The third-order valence-electron chi connectivity index (χ3n) is 20.0. The predicted molar refractivity (Wildman–Crippen MR) is 401 cm³/mol. The fourth-order valence-corrected chi connectivity index (χ4v) is 13.5. The second kappa shape index (κ2) is 62.3. The van der Waals surface area contributed by atoms with Crippen LogP contribution in [0.2, 0.25) is 0 Å². The van der Waals surface area contributed by atoms with Crippen LogP contribution in [0.25, 0.3) is 0 Å².